The van der Waals surface area contributed by atoms with Gasteiger partial charge in [0.05, 0.1) is 12.5 Å². The summed E-state index contributed by atoms with van der Waals surface area (Å²) in [5.74, 6) is -0.923. The van der Waals surface area contributed by atoms with Crippen LogP contribution in [0.25, 0.3) is 0 Å². The second-order valence-corrected chi connectivity index (χ2v) is 5.28. The van der Waals surface area contributed by atoms with E-state index in [4.69, 9.17) is 5.11 Å². The maximum Gasteiger partial charge on any atom is 0.305 e. The predicted molar refractivity (Wildman–Crippen MR) is 67.2 cm³/mol. The van der Waals surface area contributed by atoms with Gasteiger partial charge in [0, 0.05) is 12.6 Å². The quantitative estimate of drug-likeness (QED) is 0.788. The molecule has 0 radical (unpaired) electrons. The summed E-state index contributed by atoms with van der Waals surface area (Å²) in [6.07, 6.45) is 6.59. The van der Waals surface area contributed by atoms with Gasteiger partial charge in [-0.15, -0.1) is 0 Å². The Bertz CT molecular complexity index is 313. The van der Waals surface area contributed by atoms with E-state index >= 15 is 0 Å². The van der Waals surface area contributed by atoms with Crippen molar-refractivity contribution < 1.29 is 14.7 Å². The summed E-state index contributed by atoms with van der Waals surface area (Å²) in [5, 5.41) is 11.9. The molecule has 1 atom stereocenters. The van der Waals surface area contributed by atoms with Gasteiger partial charge in [0.1, 0.15) is 0 Å². The summed E-state index contributed by atoms with van der Waals surface area (Å²) in [5.41, 5.74) is 0. The highest BCUT2D eigenvalue weighted by Crippen LogP contribution is 2.24. The summed E-state index contributed by atoms with van der Waals surface area (Å²) < 4.78 is 0. The summed E-state index contributed by atoms with van der Waals surface area (Å²) in [4.78, 5) is 25.1. The molecular weight excluding hydrogens is 232 g/mol. The number of carbonyl (C=O) groups is 2. The lowest BCUT2D eigenvalue weighted by atomic mass is 9.93. The zero-order valence-corrected chi connectivity index (χ0v) is 10.7. The smallest absolute Gasteiger partial charge is 0.305 e. The molecule has 5 nitrogen and oxygen atoms in total. The van der Waals surface area contributed by atoms with Gasteiger partial charge in [0.25, 0.3) is 0 Å². The zero-order valence-electron chi connectivity index (χ0n) is 10.7. The van der Waals surface area contributed by atoms with Crippen LogP contribution in [-0.2, 0) is 9.59 Å². The molecule has 1 saturated heterocycles. The van der Waals surface area contributed by atoms with E-state index < -0.39 is 12.0 Å². The number of nitrogens with one attached hydrogen (secondary N) is 1. The monoisotopic (exact) mass is 254 g/mol. The van der Waals surface area contributed by atoms with Crippen molar-refractivity contribution in [1.29, 1.82) is 0 Å². The molecule has 0 aromatic carbocycles. The van der Waals surface area contributed by atoms with Gasteiger partial charge in [-0.05, 0) is 25.8 Å². The standard InChI is InChI=1S/C13H22N2O3/c16-12(17)9-11-13(18)15(8-4-7-14-11)10-5-2-1-3-6-10/h10-11,14H,1-9H2,(H,16,17). The van der Waals surface area contributed by atoms with Crippen molar-refractivity contribution in [3.63, 3.8) is 0 Å². The molecule has 2 aliphatic rings. The fraction of sp³-hybridized carbons (Fsp3) is 0.846. The van der Waals surface area contributed by atoms with Crippen molar-refractivity contribution >= 4 is 11.9 Å². The van der Waals surface area contributed by atoms with Crippen molar-refractivity contribution in [3.05, 3.63) is 0 Å². The molecule has 1 unspecified atom stereocenters. The van der Waals surface area contributed by atoms with Gasteiger partial charge in [0.2, 0.25) is 5.91 Å². The highest BCUT2D eigenvalue weighted by molar-refractivity contribution is 5.86. The molecule has 0 aromatic rings. The van der Waals surface area contributed by atoms with Gasteiger partial charge >= 0.3 is 5.97 Å². The molecule has 0 bridgehead atoms. The molecule has 2 rings (SSSR count). The molecule has 1 aliphatic heterocycles. The third-order valence-electron chi connectivity index (χ3n) is 3.94. The van der Waals surface area contributed by atoms with Crippen LogP contribution in [0.1, 0.15) is 44.9 Å². The van der Waals surface area contributed by atoms with E-state index in [-0.39, 0.29) is 12.3 Å². The van der Waals surface area contributed by atoms with Crippen molar-refractivity contribution in [2.45, 2.75) is 57.0 Å². The Morgan fingerprint density at radius 3 is 2.67 bits per heavy atom. The van der Waals surface area contributed by atoms with E-state index in [1.54, 1.807) is 0 Å². The highest BCUT2D eigenvalue weighted by atomic mass is 16.4. The molecule has 5 heteroatoms. The Hall–Kier alpha value is -1.10. The number of carbonyl (C=O) groups excluding carboxylic acids is 1. The maximum absolute atomic E-state index is 12.4. The molecular formula is C13H22N2O3. The average Bonchev–Trinajstić information content (AvgIpc) is 2.53. The minimum Gasteiger partial charge on any atom is -0.481 e. The first-order valence-corrected chi connectivity index (χ1v) is 6.94. The van der Waals surface area contributed by atoms with Crippen LogP contribution in [0.3, 0.4) is 0 Å². The second-order valence-electron chi connectivity index (χ2n) is 5.28. The van der Waals surface area contributed by atoms with Crippen molar-refractivity contribution in [2.75, 3.05) is 13.1 Å². The lowest BCUT2D eigenvalue weighted by Crippen LogP contribution is -2.49. The van der Waals surface area contributed by atoms with Gasteiger partial charge in [-0.1, -0.05) is 19.3 Å². The summed E-state index contributed by atoms with van der Waals surface area (Å²) in [7, 11) is 0. The van der Waals surface area contributed by atoms with Crippen molar-refractivity contribution in [3.8, 4) is 0 Å². The first-order valence-electron chi connectivity index (χ1n) is 6.94. The number of hydrogen-bond acceptors (Lipinski definition) is 3. The van der Waals surface area contributed by atoms with Gasteiger partial charge < -0.3 is 15.3 Å². The average molecular weight is 254 g/mol. The van der Waals surface area contributed by atoms with Gasteiger partial charge in [-0.2, -0.15) is 0 Å². The van der Waals surface area contributed by atoms with E-state index in [2.05, 4.69) is 5.32 Å². The van der Waals surface area contributed by atoms with E-state index in [1.165, 1.54) is 19.3 Å². The SMILES string of the molecule is O=C(O)CC1NCCCN(C2CCCCC2)C1=O. The highest BCUT2D eigenvalue weighted by Gasteiger charge is 2.32. The summed E-state index contributed by atoms with van der Waals surface area (Å²) >= 11 is 0. The fourth-order valence-electron chi connectivity index (χ4n) is 3.01. The summed E-state index contributed by atoms with van der Waals surface area (Å²) in [6.45, 7) is 1.50. The number of amides is 1. The third kappa shape index (κ3) is 3.22. The Morgan fingerprint density at radius 1 is 1.28 bits per heavy atom. The van der Waals surface area contributed by atoms with Gasteiger partial charge in [0.15, 0.2) is 0 Å². The Kier molecular flexibility index (Phi) is 4.58. The van der Waals surface area contributed by atoms with Crippen LogP contribution in [0.5, 0.6) is 0 Å². The van der Waals surface area contributed by atoms with Crippen LogP contribution >= 0.6 is 0 Å². The van der Waals surface area contributed by atoms with Crippen LogP contribution in [0, 0.1) is 0 Å². The first-order chi connectivity index (χ1) is 8.68. The summed E-state index contributed by atoms with van der Waals surface area (Å²) in [6, 6.07) is -0.200. The van der Waals surface area contributed by atoms with Crippen LogP contribution in [0.15, 0.2) is 0 Å². The minimum atomic E-state index is -0.911. The largest absolute Gasteiger partial charge is 0.481 e. The third-order valence-corrected chi connectivity index (χ3v) is 3.94. The van der Waals surface area contributed by atoms with Gasteiger partial charge in [-0.3, -0.25) is 9.59 Å². The number of rotatable bonds is 3. The van der Waals surface area contributed by atoms with E-state index in [9.17, 15) is 9.59 Å². The molecule has 2 fully saturated rings. The Labute approximate surface area is 108 Å². The number of hydrogen-bond donors (Lipinski definition) is 2. The molecule has 2 N–H and O–H groups in total. The second kappa shape index (κ2) is 6.18. The molecule has 0 spiro atoms. The van der Waals surface area contributed by atoms with Gasteiger partial charge in [-0.25, -0.2) is 0 Å². The van der Waals surface area contributed by atoms with E-state index in [1.807, 2.05) is 4.90 Å². The molecule has 102 valence electrons. The van der Waals surface area contributed by atoms with Crippen LogP contribution in [0.4, 0.5) is 0 Å². The van der Waals surface area contributed by atoms with Crippen molar-refractivity contribution in [1.82, 2.24) is 10.2 Å². The van der Waals surface area contributed by atoms with Crippen LogP contribution in [0.2, 0.25) is 0 Å². The maximum atomic E-state index is 12.4. The van der Waals surface area contributed by atoms with Crippen LogP contribution in [-0.4, -0.2) is 47.1 Å². The molecule has 1 aliphatic carbocycles. The number of carboxylic acid groups (broad SMARTS) is 1. The predicted octanol–water partition coefficient (Wildman–Crippen LogP) is 0.984. The lowest BCUT2D eigenvalue weighted by molar-refractivity contribution is -0.143. The molecule has 1 heterocycles. The van der Waals surface area contributed by atoms with Crippen LogP contribution < -0.4 is 5.32 Å². The first kappa shape index (κ1) is 13.3. The molecule has 0 aromatic heterocycles. The Morgan fingerprint density at radius 2 is 2.00 bits per heavy atom. The topological polar surface area (TPSA) is 69.6 Å². The fourth-order valence-corrected chi connectivity index (χ4v) is 3.01. The normalized spacial score (nSPS) is 27.0. The minimum absolute atomic E-state index is 0.0122. The van der Waals surface area contributed by atoms with E-state index in [0.29, 0.717) is 6.04 Å². The number of aliphatic carboxylic acids is 1. The number of carboxylic acids is 1. The molecule has 1 amide bonds. The lowest BCUT2D eigenvalue weighted by Gasteiger charge is -2.34. The Balaban J connectivity index is 2.03. The van der Waals surface area contributed by atoms with E-state index in [0.717, 1.165) is 32.4 Å². The van der Waals surface area contributed by atoms with Crippen molar-refractivity contribution in [2.24, 2.45) is 0 Å². The number of nitrogens with zero attached hydrogens (tertiary/aromatic N) is 1. The zero-order chi connectivity index (χ0) is 13.0. The molecule has 1 saturated carbocycles. The molecule has 18 heavy (non-hydrogen) atoms.